The van der Waals surface area contributed by atoms with Gasteiger partial charge >= 0.3 is 0 Å². The van der Waals surface area contributed by atoms with E-state index in [4.69, 9.17) is 16.3 Å². The first-order chi connectivity index (χ1) is 15.6. The second-order valence-electron chi connectivity index (χ2n) is 7.40. The second kappa shape index (κ2) is 12.0. The van der Waals surface area contributed by atoms with Gasteiger partial charge in [-0.2, -0.15) is 4.31 Å². The smallest absolute Gasteiger partial charge is 0.243 e. The van der Waals surface area contributed by atoms with Gasteiger partial charge in [0.1, 0.15) is 11.8 Å². The molecule has 180 valence electrons. The van der Waals surface area contributed by atoms with Gasteiger partial charge in [-0.1, -0.05) is 30.7 Å². The predicted molar refractivity (Wildman–Crippen MR) is 128 cm³/mol. The molecule has 33 heavy (non-hydrogen) atoms. The van der Waals surface area contributed by atoms with Crippen LogP contribution in [0.5, 0.6) is 5.75 Å². The van der Waals surface area contributed by atoms with Gasteiger partial charge in [0.25, 0.3) is 0 Å². The quantitative estimate of drug-likeness (QED) is 0.517. The minimum absolute atomic E-state index is 0.0275. The zero-order chi connectivity index (χ0) is 24.6. The van der Waals surface area contributed by atoms with E-state index >= 15 is 0 Å². The van der Waals surface area contributed by atoms with Crippen molar-refractivity contribution in [2.45, 2.75) is 37.8 Å². The van der Waals surface area contributed by atoms with E-state index < -0.39 is 28.5 Å². The molecule has 2 rings (SSSR count). The molecule has 0 aliphatic rings. The maximum Gasteiger partial charge on any atom is 0.243 e. The molecule has 2 aromatic carbocycles. The van der Waals surface area contributed by atoms with E-state index in [1.54, 1.807) is 38.3 Å². The number of likely N-dealkylation sites (N-methyl/N-ethyl adjacent to an activating group) is 2. The van der Waals surface area contributed by atoms with Gasteiger partial charge in [0.2, 0.25) is 21.8 Å². The molecule has 0 aliphatic carbocycles. The summed E-state index contributed by atoms with van der Waals surface area (Å²) in [5.74, 6) is -0.102. The zero-order valence-electron chi connectivity index (χ0n) is 19.2. The fourth-order valence-corrected chi connectivity index (χ4v) is 4.54. The molecule has 1 atom stereocenters. The Bertz CT molecular complexity index is 1040. The van der Waals surface area contributed by atoms with Gasteiger partial charge < -0.3 is 15.0 Å². The van der Waals surface area contributed by atoms with Gasteiger partial charge in [-0.15, -0.1) is 0 Å². The number of halogens is 1. The van der Waals surface area contributed by atoms with Gasteiger partial charge in [0.05, 0.1) is 18.6 Å². The van der Waals surface area contributed by atoms with Crippen LogP contribution in [0.15, 0.2) is 53.4 Å². The number of amides is 2. The minimum atomic E-state index is -3.92. The van der Waals surface area contributed by atoms with Crippen LogP contribution in [0.2, 0.25) is 5.02 Å². The third-order valence-electron chi connectivity index (χ3n) is 5.13. The van der Waals surface area contributed by atoms with Gasteiger partial charge in [0, 0.05) is 25.2 Å². The lowest BCUT2D eigenvalue weighted by Crippen LogP contribution is -2.51. The summed E-state index contributed by atoms with van der Waals surface area (Å²) in [6, 6.07) is 12.1. The predicted octanol–water partition coefficient (Wildman–Crippen LogP) is 2.91. The van der Waals surface area contributed by atoms with E-state index in [1.807, 2.05) is 6.92 Å². The molecule has 0 aromatic heterocycles. The Morgan fingerprint density at radius 1 is 1.06 bits per heavy atom. The molecular formula is C23H30ClN3O5S. The molecule has 2 aromatic rings. The molecule has 0 fully saturated rings. The van der Waals surface area contributed by atoms with Gasteiger partial charge in [-0.25, -0.2) is 8.42 Å². The lowest BCUT2D eigenvalue weighted by Gasteiger charge is -2.32. The molecule has 0 bridgehead atoms. The molecular weight excluding hydrogens is 466 g/mol. The van der Waals surface area contributed by atoms with Crippen molar-refractivity contribution in [2.75, 3.05) is 27.2 Å². The van der Waals surface area contributed by atoms with Crippen LogP contribution < -0.4 is 10.1 Å². The van der Waals surface area contributed by atoms with Crippen LogP contribution in [-0.4, -0.2) is 62.7 Å². The van der Waals surface area contributed by atoms with Crippen LogP contribution in [0, 0.1) is 0 Å². The SMILES string of the molecule is CCNC(=O)[C@H](CC)N(Cc1ccc(OC)cc1)C(=O)CN(C)S(=O)(=O)c1ccc(Cl)cc1. The average molecular weight is 496 g/mol. The molecule has 0 saturated heterocycles. The largest absolute Gasteiger partial charge is 0.497 e. The van der Waals surface area contributed by atoms with Gasteiger partial charge in [-0.05, 0) is 55.3 Å². The van der Waals surface area contributed by atoms with Crippen molar-refractivity contribution in [3.05, 3.63) is 59.1 Å². The number of methoxy groups -OCH3 is 1. The van der Waals surface area contributed by atoms with Crippen molar-refractivity contribution in [1.82, 2.24) is 14.5 Å². The third kappa shape index (κ3) is 6.93. The van der Waals surface area contributed by atoms with Crippen LogP contribution in [0.1, 0.15) is 25.8 Å². The molecule has 0 heterocycles. The van der Waals surface area contributed by atoms with Crippen molar-refractivity contribution >= 4 is 33.4 Å². The van der Waals surface area contributed by atoms with Crippen molar-refractivity contribution in [3.63, 3.8) is 0 Å². The first kappa shape index (κ1) is 26.6. The summed E-state index contributed by atoms with van der Waals surface area (Å²) in [7, 11) is -1.03. The number of carbonyl (C=O) groups excluding carboxylic acids is 2. The van der Waals surface area contributed by atoms with Crippen LogP contribution in [0.3, 0.4) is 0 Å². The van der Waals surface area contributed by atoms with Crippen molar-refractivity contribution < 1.29 is 22.7 Å². The Morgan fingerprint density at radius 3 is 2.18 bits per heavy atom. The molecule has 0 aliphatic heterocycles. The Kier molecular flexibility index (Phi) is 9.70. The van der Waals surface area contributed by atoms with Crippen LogP contribution in [0.4, 0.5) is 0 Å². The topological polar surface area (TPSA) is 96.0 Å². The number of nitrogens with zero attached hydrogens (tertiary/aromatic N) is 2. The van der Waals surface area contributed by atoms with Crippen molar-refractivity contribution in [2.24, 2.45) is 0 Å². The number of sulfonamides is 1. The monoisotopic (exact) mass is 495 g/mol. The Morgan fingerprint density at radius 2 is 1.67 bits per heavy atom. The number of carbonyl (C=O) groups is 2. The first-order valence-electron chi connectivity index (χ1n) is 10.6. The highest BCUT2D eigenvalue weighted by atomic mass is 35.5. The molecule has 0 radical (unpaired) electrons. The second-order valence-corrected chi connectivity index (χ2v) is 9.88. The summed E-state index contributed by atoms with van der Waals surface area (Å²) in [5.41, 5.74) is 0.787. The fraction of sp³-hybridized carbons (Fsp3) is 0.391. The molecule has 10 heteroatoms. The summed E-state index contributed by atoms with van der Waals surface area (Å²) in [6.45, 7) is 3.75. The van der Waals surface area contributed by atoms with E-state index in [1.165, 1.54) is 36.2 Å². The Balaban J connectivity index is 2.30. The number of hydrogen-bond donors (Lipinski definition) is 1. The minimum Gasteiger partial charge on any atom is -0.497 e. The summed E-state index contributed by atoms with van der Waals surface area (Å²) < 4.78 is 32.0. The number of rotatable bonds is 11. The molecule has 2 amide bonds. The molecule has 0 unspecified atom stereocenters. The standard InChI is InChI=1S/C23H30ClN3O5S/c1-5-21(23(29)25-6-2)27(15-17-7-11-19(32-4)12-8-17)22(28)16-26(3)33(30,31)20-13-9-18(24)10-14-20/h7-14,21H,5-6,15-16H2,1-4H3,(H,25,29)/t21-/m0/s1. The maximum atomic E-state index is 13.3. The van der Waals surface area contributed by atoms with Crippen LogP contribution >= 0.6 is 11.6 Å². The van der Waals surface area contributed by atoms with E-state index in [-0.39, 0.29) is 17.3 Å². The van der Waals surface area contributed by atoms with E-state index in [9.17, 15) is 18.0 Å². The third-order valence-corrected chi connectivity index (χ3v) is 7.20. The summed E-state index contributed by atoms with van der Waals surface area (Å²) in [5, 5.41) is 3.16. The van der Waals surface area contributed by atoms with Crippen LogP contribution in [-0.2, 0) is 26.2 Å². The first-order valence-corrected chi connectivity index (χ1v) is 12.4. The van der Waals surface area contributed by atoms with Gasteiger partial charge in [0.15, 0.2) is 0 Å². The fourth-order valence-electron chi connectivity index (χ4n) is 3.29. The molecule has 0 saturated carbocycles. The number of hydrogen-bond acceptors (Lipinski definition) is 5. The average Bonchev–Trinajstić information content (AvgIpc) is 2.79. The van der Waals surface area contributed by atoms with Gasteiger partial charge in [-0.3, -0.25) is 9.59 Å². The van der Waals surface area contributed by atoms with Crippen LogP contribution in [0.25, 0.3) is 0 Å². The highest BCUT2D eigenvalue weighted by molar-refractivity contribution is 7.89. The summed E-state index contributed by atoms with van der Waals surface area (Å²) >= 11 is 5.85. The summed E-state index contributed by atoms with van der Waals surface area (Å²) in [6.07, 6.45) is 0.376. The lowest BCUT2D eigenvalue weighted by atomic mass is 10.1. The Labute approximate surface area is 200 Å². The van der Waals surface area contributed by atoms with E-state index in [0.717, 1.165) is 9.87 Å². The normalized spacial score (nSPS) is 12.3. The highest BCUT2D eigenvalue weighted by Crippen LogP contribution is 2.20. The van der Waals surface area contributed by atoms with E-state index in [0.29, 0.717) is 23.7 Å². The van der Waals surface area contributed by atoms with Crippen molar-refractivity contribution in [1.29, 1.82) is 0 Å². The number of nitrogens with one attached hydrogen (secondary N) is 1. The Hall–Kier alpha value is -2.62. The highest BCUT2D eigenvalue weighted by Gasteiger charge is 2.31. The molecule has 0 spiro atoms. The lowest BCUT2D eigenvalue weighted by molar-refractivity contribution is -0.141. The number of ether oxygens (including phenoxy) is 1. The van der Waals surface area contributed by atoms with E-state index in [2.05, 4.69) is 5.32 Å². The van der Waals surface area contributed by atoms with Crippen molar-refractivity contribution in [3.8, 4) is 5.75 Å². The number of benzene rings is 2. The molecule has 8 nitrogen and oxygen atoms in total. The maximum absolute atomic E-state index is 13.3. The zero-order valence-corrected chi connectivity index (χ0v) is 20.8. The molecule has 1 N–H and O–H groups in total. The summed E-state index contributed by atoms with van der Waals surface area (Å²) in [4.78, 5) is 27.4.